The van der Waals surface area contributed by atoms with E-state index in [4.69, 9.17) is 9.47 Å². The Morgan fingerprint density at radius 1 is 1.00 bits per heavy atom. The highest BCUT2D eigenvalue weighted by Gasteiger charge is 2.37. The van der Waals surface area contributed by atoms with Gasteiger partial charge in [0.15, 0.2) is 6.61 Å². The zero-order valence-electron chi connectivity index (χ0n) is 19.6. The summed E-state index contributed by atoms with van der Waals surface area (Å²) in [7, 11) is -0.512. The molecule has 3 aromatic rings. The summed E-state index contributed by atoms with van der Waals surface area (Å²) in [5.41, 5.74) is 6.59. The fourth-order valence-corrected chi connectivity index (χ4v) is 7.65. The standard InChI is InChI=1S/C29H30O3S/c1-19-15-23(33-18-21(3)24-10-6-8-12-26(24)33)16-20(2)28(19)31-17-27(30)32-29(4)14-13-22-9-5-7-11-25(22)29/h5-12,15-16,18,33H,13-14,17H2,1-4H3. The van der Waals surface area contributed by atoms with Gasteiger partial charge in [0.1, 0.15) is 11.4 Å². The summed E-state index contributed by atoms with van der Waals surface area (Å²) in [6.07, 6.45) is 1.74. The summed E-state index contributed by atoms with van der Waals surface area (Å²) < 4.78 is 11.9. The van der Waals surface area contributed by atoms with Crippen LogP contribution in [0.15, 0.2) is 75.9 Å². The van der Waals surface area contributed by atoms with E-state index in [2.05, 4.69) is 74.7 Å². The first kappa shape index (κ1) is 21.8. The second-order valence-electron chi connectivity index (χ2n) is 9.26. The maximum Gasteiger partial charge on any atom is 0.345 e. The van der Waals surface area contributed by atoms with E-state index in [9.17, 15) is 4.79 Å². The van der Waals surface area contributed by atoms with Gasteiger partial charge in [0.2, 0.25) is 0 Å². The first-order valence-electron chi connectivity index (χ1n) is 11.5. The van der Waals surface area contributed by atoms with Gasteiger partial charge in [0.25, 0.3) is 0 Å². The smallest absolute Gasteiger partial charge is 0.345 e. The average molecular weight is 459 g/mol. The molecule has 3 aromatic carbocycles. The molecule has 0 fully saturated rings. The fourth-order valence-electron chi connectivity index (χ4n) is 5.14. The molecule has 33 heavy (non-hydrogen) atoms. The first-order valence-corrected chi connectivity index (χ1v) is 12.9. The Labute approximate surface area is 198 Å². The third kappa shape index (κ3) is 3.97. The maximum atomic E-state index is 12.7. The average Bonchev–Trinajstić information content (AvgIpc) is 3.31. The fraction of sp³-hybridized carbons (Fsp3) is 0.276. The summed E-state index contributed by atoms with van der Waals surface area (Å²) in [4.78, 5) is 15.4. The molecule has 1 heterocycles. The third-order valence-electron chi connectivity index (χ3n) is 6.77. The molecule has 0 amide bonds. The highest BCUT2D eigenvalue weighted by Crippen LogP contribution is 2.55. The Balaban J connectivity index is 1.30. The number of benzene rings is 3. The minimum absolute atomic E-state index is 0.0879. The van der Waals surface area contributed by atoms with Crippen molar-refractivity contribution in [3.63, 3.8) is 0 Å². The van der Waals surface area contributed by atoms with Gasteiger partial charge in [-0.05, 0) is 102 Å². The monoisotopic (exact) mass is 458 g/mol. The molecular formula is C29H30O3S. The number of fused-ring (bicyclic) bond motifs is 2. The molecule has 2 aliphatic rings. The van der Waals surface area contributed by atoms with Crippen molar-refractivity contribution >= 4 is 22.4 Å². The molecule has 3 nitrogen and oxygen atoms in total. The van der Waals surface area contributed by atoms with E-state index in [1.54, 1.807) is 0 Å². The van der Waals surface area contributed by atoms with Gasteiger partial charge in [-0.2, -0.15) is 10.9 Å². The second kappa shape index (κ2) is 8.42. The van der Waals surface area contributed by atoms with Crippen molar-refractivity contribution in [2.75, 3.05) is 6.61 Å². The maximum absolute atomic E-state index is 12.7. The van der Waals surface area contributed by atoms with Gasteiger partial charge in [0.05, 0.1) is 0 Å². The summed E-state index contributed by atoms with van der Waals surface area (Å²) in [5, 5.41) is 2.40. The molecule has 2 unspecified atom stereocenters. The van der Waals surface area contributed by atoms with Crippen LogP contribution in [0.4, 0.5) is 0 Å². The van der Waals surface area contributed by atoms with Crippen LogP contribution in [0.2, 0.25) is 0 Å². The van der Waals surface area contributed by atoms with Crippen LogP contribution in [0.1, 0.15) is 48.1 Å². The number of hydrogen-bond donors (Lipinski definition) is 1. The molecule has 0 bridgehead atoms. The lowest BCUT2D eigenvalue weighted by Crippen LogP contribution is -2.29. The zero-order chi connectivity index (χ0) is 23.2. The number of aryl methyl sites for hydroxylation is 3. The number of ether oxygens (including phenoxy) is 2. The lowest BCUT2D eigenvalue weighted by Gasteiger charge is -2.26. The molecule has 1 aliphatic carbocycles. The number of esters is 1. The zero-order valence-corrected chi connectivity index (χ0v) is 20.5. The summed E-state index contributed by atoms with van der Waals surface area (Å²) in [5.74, 6) is 0.445. The van der Waals surface area contributed by atoms with Crippen molar-refractivity contribution in [1.82, 2.24) is 0 Å². The number of carbonyl (C=O) groups is 1. The van der Waals surface area contributed by atoms with Gasteiger partial charge in [-0.3, -0.25) is 0 Å². The van der Waals surface area contributed by atoms with Crippen LogP contribution in [-0.4, -0.2) is 12.6 Å². The van der Waals surface area contributed by atoms with E-state index in [1.165, 1.54) is 26.5 Å². The molecule has 1 aliphatic heterocycles. The highest BCUT2D eigenvalue weighted by molar-refractivity contribution is 8.20. The molecule has 0 saturated carbocycles. The van der Waals surface area contributed by atoms with Gasteiger partial charge in [-0.25, -0.2) is 4.79 Å². The Bertz CT molecular complexity index is 1250. The molecule has 0 saturated heterocycles. The minimum Gasteiger partial charge on any atom is -0.481 e. The SMILES string of the molecule is CC1=C[SH](c2cc(C)c(OCC(=O)OC3(C)CCc4ccccc43)c(C)c2)c2ccccc21. The van der Waals surface area contributed by atoms with Crippen molar-refractivity contribution in [2.45, 2.75) is 55.9 Å². The quantitative estimate of drug-likeness (QED) is 0.334. The minimum atomic E-state index is -0.576. The van der Waals surface area contributed by atoms with E-state index in [0.29, 0.717) is 0 Å². The largest absolute Gasteiger partial charge is 0.481 e. The molecule has 0 N–H and O–H groups in total. The van der Waals surface area contributed by atoms with Crippen molar-refractivity contribution in [3.05, 3.63) is 93.9 Å². The van der Waals surface area contributed by atoms with Gasteiger partial charge < -0.3 is 9.47 Å². The Morgan fingerprint density at radius 2 is 1.70 bits per heavy atom. The van der Waals surface area contributed by atoms with Crippen LogP contribution in [0, 0.1) is 13.8 Å². The number of rotatable bonds is 5. The molecule has 170 valence electrons. The third-order valence-corrected chi connectivity index (χ3v) is 9.14. The van der Waals surface area contributed by atoms with Crippen LogP contribution in [0.25, 0.3) is 5.57 Å². The molecule has 5 rings (SSSR count). The molecule has 0 aromatic heterocycles. The number of carbonyl (C=O) groups excluding carboxylic acids is 1. The van der Waals surface area contributed by atoms with Crippen LogP contribution in [-0.2, 0) is 21.6 Å². The van der Waals surface area contributed by atoms with Crippen LogP contribution < -0.4 is 4.74 Å². The van der Waals surface area contributed by atoms with E-state index in [-0.39, 0.29) is 12.6 Å². The molecular weight excluding hydrogens is 428 g/mol. The van der Waals surface area contributed by atoms with Crippen LogP contribution >= 0.6 is 10.9 Å². The molecule has 4 heteroatoms. The second-order valence-corrected chi connectivity index (χ2v) is 11.3. The van der Waals surface area contributed by atoms with Crippen molar-refractivity contribution in [1.29, 1.82) is 0 Å². The van der Waals surface area contributed by atoms with Gasteiger partial charge in [-0.1, -0.05) is 42.5 Å². The summed E-state index contributed by atoms with van der Waals surface area (Å²) in [6.45, 7) is 8.21. The van der Waals surface area contributed by atoms with Gasteiger partial charge in [0, 0.05) is 4.90 Å². The number of allylic oxidation sites excluding steroid dienone is 1. The van der Waals surface area contributed by atoms with Crippen molar-refractivity contribution in [3.8, 4) is 5.75 Å². The van der Waals surface area contributed by atoms with E-state index < -0.39 is 16.5 Å². The van der Waals surface area contributed by atoms with E-state index in [0.717, 1.165) is 35.3 Å². The number of hydrogen-bond acceptors (Lipinski definition) is 3. The topological polar surface area (TPSA) is 35.5 Å². The highest BCUT2D eigenvalue weighted by atomic mass is 32.2. The lowest BCUT2D eigenvalue weighted by atomic mass is 9.98. The Kier molecular flexibility index (Phi) is 5.57. The van der Waals surface area contributed by atoms with Crippen LogP contribution in [0.3, 0.4) is 0 Å². The molecule has 0 spiro atoms. The van der Waals surface area contributed by atoms with Crippen LogP contribution in [0.5, 0.6) is 5.75 Å². The molecule has 2 atom stereocenters. The number of thiol groups is 1. The predicted molar refractivity (Wildman–Crippen MR) is 135 cm³/mol. The van der Waals surface area contributed by atoms with Crippen molar-refractivity contribution in [2.24, 2.45) is 0 Å². The van der Waals surface area contributed by atoms with E-state index in [1.807, 2.05) is 19.1 Å². The summed E-state index contributed by atoms with van der Waals surface area (Å²) >= 11 is 0. The molecule has 0 radical (unpaired) electrons. The van der Waals surface area contributed by atoms with Gasteiger partial charge in [-0.15, -0.1) is 0 Å². The lowest BCUT2D eigenvalue weighted by molar-refractivity contribution is -0.161. The Morgan fingerprint density at radius 3 is 2.48 bits per heavy atom. The predicted octanol–water partition coefficient (Wildman–Crippen LogP) is 6.88. The first-order chi connectivity index (χ1) is 15.9. The van der Waals surface area contributed by atoms with Gasteiger partial charge >= 0.3 is 5.97 Å². The Hall–Kier alpha value is -2.98. The van der Waals surface area contributed by atoms with E-state index >= 15 is 0 Å². The normalized spacial score (nSPS) is 21.8. The summed E-state index contributed by atoms with van der Waals surface area (Å²) in [6, 6.07) is 21.3. The van der Waals surface area contributed by atoms with Crippen molar-refractivity contribution < 1.29 is 14.3 Å².